The number of hydrogen-bond donors (Lipinski definition) is 1. The normalized spacial score (nSPS) is 28.1. The first-order chi connectivity index (χ1) is 8.00. The smallest absolute Gasteiger partial charge is 0.130 e. The van der Waals surface area contributed by atoms with E-state index in [1.54, 1.807) is 21.6 Å². The lowest BCUT2D eigenvalue weighted by Crippen LogP contribution is -2.32. The highest BCUT2D eigenvalue weighted by atomic mass is 33.1. The summed E-state index contributed by atoms with van der Waals surface area (Å²) in [6.07, 6.45) is -0.0824. The third-order valence-electron chi connectivity index (χ3n) is 2.66. The minimum Gasteiger partial charge on any atom is -0.130 e. The Bertz CT molecular complexity index is 410. The van der Waals surface area contributed by atoms with Crippen LogP contribution in [-0.4, -0.2) is 10.9 Å². The van der Waals surface area contributed by atoms with Crippen molar-refractivity contribution in [2.75, 3.05) is 0 Å². The molecule has 0 radical (unpaired) electrons. The summed E-state index contributed by atoms with van der Waals surface area (Å²) in [5.41, 5.74) is 1.21. The molecular weight excluding hydrogens is 291 g/mol. The molecule has 1 saturated heterocycles. The number of rotatable bonds is 3. The molecule has 6 heteroatoms. The second-order valence-corrected chi connectivity index (χ2v) is 9.04. The van der Waals surface area contributed by atoms with Crippen LogP contribution in [-0.2, 0) is 9.09 Å². The lowest BCUT2D eigenvalue weighted by Gasteiger charge is -2.22. The van der Waals surface area contributed by atoms with Crippen LogP contribution in [0.3, 0.4) is 0 Å². The van der Waals surface area contributed by atoms with Crippen molar-refractivity contribution >= 4 is 41.1 Å². The summed E-state index contributed by atoms with van der Waals surface area (Å²) in [4.78, 5) is 0. The van der Waals surface area contributed by atoms with Crippen molar-refractivity contribution in [2.24, 2.45) is 0 Å². The van der Waals surface area contributed by atoms with E-state index in [1.165, 1.54) is 5.56 Å². The molecule has 1 fully saturated rings. The predicted molar refractivity (Wildman–Crippen MR) is 79.9 cm³/mol. The van der Waals surface area contributed by atoms with Gasteiger partial charge in [-0.15, -0.1) is 4.52 Å². The Hall–Kier alpha value is 0.330. The van der Waals surface area contributed by atoms with Crippen LogP contribution in [0, 0.1) is 0 Å². The molecule has 3 unspecified atom stereocenters. The molecule has 2 nitrogen and oxygen atoms in total. The van der Waals surface area contributed by atoms with Gasteiger partial charge in [-0.1, -0.05) is 51.9 Å². The maximum Gasteiger partial charge on any atom is 0.582 e. The molecule has 0 amide bonds. The molecule has 0 aromatic heterocycles. The van der Waals surface area contributed by atoms with Gasteiger partial charge in [0.25, 0.3) is 0 Å². The summed E-state index contributed by atoms with van der Waals surface area (Å²) >= 11 is 3.87. The molecule has 0 bridgehead atoms. The molecule has 17 heavy (non-hydrogen) atoms. The Morgan fingerprint density at radius 3 is 2.59 bits per heavy atom. The number of thiol groups is 1. The highest BCUT2D eigenvalue weighted by molar-refractivity contribution is 8.77. The summed E-state index contributed by atoms with van der Waals surface area (Å²) in [5.74, 6) is 0. The third-order valence-corrected chi connectivity index (χ3v) is 7.03. The maximum atomic E-state index is 11.2. The van der Waals surface area contributed by atoms with Crippen molar-refractivity contribution in [1.29, 1.82) is 0 Å². The van der Waals surface area contributed by atoms with Gasteiger partial charge in [0.1, 0.15) is 18.4 Å². The van der Waals surface area contributed by atoms with Crippen LogP contribution in [0.5, 0.6) is 0 Å². The second-order valence-electron chi connectivity index (χ2n) is 4.38. The van der Waals surface area contributed by atoms with Crippen LogP contribution >= 0.6 is 41.1 Å². The van der Waals surface area contributed by atoms with Crippen LogP contribution in [0.15, 0.2) is 30.3 Å². The van der Waals surface area contributed by atoms with Crippen LogP contribution in [0.1, 0.15) is 24.7 Å². The van der Waals surface area contributed by atoms with Gasteiger partial charge in [-0.3, -0.25) is 0 Å². The Morgan fingerprint density at radius 1 is 1.35 bits per heavy atom. The van der Waals surface area contributed by atoms with Crippen molar-refractivity contribution in [3.63, 3.8) is 0 Å². The van der Waals surface area contributed by atoms with E-state index in [2.05, 4.69) is 38.2 Å². The molecule has 0 saturated carbocycles. The Labute approximate surface area is 116 Å². The largest absolute Gasteiger partial charge is 0.582 e. The summed E-state index contributed by atoms with van der Waals surface area (Å²) in [5, 5.41) is 0.210. The quantitative estimate of drug-likeness (QED) is 0.489. The highest BCUT2D eigenvalue weighted by Crippen LogP contribution is 2.60. The Balaban J connectivity index is 2.25. The average molecular weight is 305 g/mol. The molecule has 92 valence electrons. The molecule has 0 aliphatic carbocycles. The van der Waals surface area contributed by atoms with Crippen molar-refractivity contribution in [3.05, 3.63) is 35.9 Å². The molecule has 1 heterocycles. The number of hydrogen-bond acceptors (Lipinski definition) is 4. The van der Waals surface area contributed by atoms with Crippen LogP contribution in [0.2, 0.25) is 0 Å². The van der Waals surface area contributed by atoms with Gasteiger partial charge in [-0.25, -0.2) is 0 Å². The van der Waals surface area contributed by atoms with Gasteiger partial charge in [-0.2, -0.15) is 0 Å². The second kappa shape index (κ2) is 5.54. The zero-order valence-electron chi connectivity index (χ0n) is 9.57. The van der Waals surface area contributed by atoms with Crippen molar-refractivity contribution in [1.82, 2.24) is 0 Å². The summed E-state index contributed by atoms with van der Waals surface area (Å²) in [6.45, 7) is 4.23. The Kier molecular flexibility index (Phi) is 4.48. The minimum atomic E-state index is -1.87. The fourth-order valence-corrected chi connectivity index (χ4v) is 6.29. The van der Waals surface area contributed by atoms with E-state index in [1.807, 2.05) is 18.2 Å². The first kappa shape index (κ1) is 13.8. The molecule has 1 aromatic rings. The zero-order chi connectivity index (χ0) is 12.5. The van der Waals surface area contributed by atoms with E-state index in [9.17, 15) is 4.57 Å². The topological polar surface area (TPSA) is 26.3 Å². The minimum absolute atomic E-state index is 0.0566. The average Bonchev–Trinajstić information content (AvgIpc) is 2.56. The molecule has 1 aliphatic heterocycles. The highest BCUT2D eigenvalue weighted by Gasteiger charge is 2.49. The Morgan fingerprint density at radius 2 is 2.00 bits per heavy atom. The van der Waals surface area contributed by atoms with Crippen molar-refractivity contribution < 1.29 is 9.09 Å². The first-order valence-electron chi connectivity index (χ1n) is 5.23. The van der Waals surface area contributed by atoms with Crippen molar-refractivity contribution in [2.45, 2.75) is 29.9 Å². The molecule has 2 rings (SSSR count). The third kappa shape index (κ3) is 3.21. The summed E-state index contributed by atoms with van der Waals surface area (Å²) < 4.78 is 16.7. The van der Waals surface area contributed by atoms with Gasteiger partial charge >= 0.3 is 7.23 Å². The monoisotopic (exact) mass is 305 g/mol. The van der Waals surface area contributed by atoms with E-state index >= 15 is 0 Å². The molecule has 1 aromatic carbocycles. The molecule has 1 aliphatic rings. The lowest BCUT2D eigenvalue weighted by molar-refractivity contribution is 0.187. The van der Waals surface area contributed by atoms with E-state index in [-0.39, 0.29) is 16.1 Å². The standard InChI is InChI=1S/C11H13O2PS3/c1-11(2)10(13-14(12)15)9(16-17-11)8-6-4-3-5-7-8/h3-7,9-10H,1-2H3/p+1. The maximum absolute atomic E-state index is 11.2. The van der Waals surface area contributed by atoms with Gasteiger partial charge in [0, 0.05) is 0 Å². The van der Waals surface area contributed by atoms with Gasteiger partial charge in [0.2, 0.25) is 0 Å². The van der Waals surface area contributed by atoms with E-state index in [0.717, 1.165) is 0 Å². The number of benzene rings is 1. The van der Waals surface area contributed by atoms with Crippen molar-refractivity contribution in [3.8, 4) is 0 Å². The van der Waals surface area contributed by atoms with Crippen LogP contribution < -0.4 is 0 Å². The van der Waals surface area contributed by atoms with Gasteiger partial charge in [0.05, 0.1) is 10.00 Å². The van der Waals surface area contributed by atoms with Crippen LogP contribution in [0.4, 0.5) is 0 Å². The van der Waals surface area contributed by atoms with Gasteiger partial charge in [0.15, 0.2) is 0 Å². The fraction of sp³-hybridized carbons (Fsp3) is 0.455. The van der Waals surface area contributed by atoms with Gasteiger partial charge < -0.3 is 0 Å². The summed E-state index contributed by atoms with van der Waals surface area (Å²) in [6, 6.07) is 10.2. The molecular formula is C11H14O2PS3+. The SMILES string of the molecule is CC1(C)SSC(c2ccccc2)C1O[P+](=O)S. The first-order valence-corrected chi connectivity index (χ1v) is 9.77. The van der Waals surface area contributed by atoms with E-state index < -0.39 is 7.23 Å². The zero-order valence-corrected chi connectivity index (χ0v) is 13.0. The van der Waals surface area contributed by atoms with E-state index in [0.29, 0.717) is 0 Å². The lowest BCUT2D eigenvalue weighted by atomic mass is 9.98. The summed E-state index contributed by atoms with van der Waals surface area (Å²) in [7, 11) is 1.69. The fourth-order valence-electron chi connectivity index (χ4n) is 1.79. The molecule has 3 atom stereocenters. The van der Waals surface area contributed by atoms with Gasteiger partial charge in [-0.05, 0) is 24.0 Å². The van der Waals surface area contributed by atoms with Crippen LogP contribution in [0.25, 0.3) is 0 Å². The molecule has 0 spiro atoms. The molecule has 0 N–H and O–H groups in total. The van der Waals surface area contributed by atoms with E-state index in [4.69, 9.17) is 4.52 Å². The predicted octanol–water partition coefficient (Wildman–Crippen LogP) is 4.87.